The highest BCUT2D eigenvalue weighted by Crippen LogP contribution is 2.32. The third kappa shape index (κ3) is 3.74. The fourth-order valence-corrected chi connectivity index (χ4v) is 2.33. The molecule has 0 spiro atoms. The van der Waals surface area contributed by atoms with Crippen molar-refractivity contribution < 1.29 is 24.2 Å². The van der Waals surface area contributed by atoms with Gasteiger partial charge in [-0.3, -0.25) is 4.79 Å². The number of ether oxygens (including phenoxy) is 2. The zero-order valence-electron chi connectivity index (χ0n) is 12.8. The van der Waals surface area contributed by atoms with E-state index in [9.17, 15) is 14.7 Å². The lowest BCUT2D eigenvalue weighted by molar-refractivity contribution is 0.0692. The van der Waals surface area contributed by atoms with Crippen LogP contribution in [-0.2, 0) is 0 Å². The smallest absolute Gasteiger partial charge is 0.340 e. The molecule has 0 unspecified atom stereocenters. The molecular formula is C15H14BrN3O5. The Kier molecular flexibility index (Phi) is 5.59. The van der Waals surface area contributed by atoms with Gasteiger partial charge in [0.25, 0.3) is 5.91 Å². The number of halogens is 1. The van der Waals surface area contributed by atoms with E-state index in [1.165, 1.54) is 26.5 Å². The minimum atomic E-state index is -1.20. The molecular weight excluding hydrogens is 382 g/mol. The Morgan fingerprint density at radius 2 is 2.08 bits per heavy atom. The summed E-state index contributed by atoms with van der Waals surface area (Å²) in [5.41, 5.74) is 2.76. The Labute approximate surface area is 145 Å². The zero-order valence-corrected chi connectivity index (χ0v) is 14.4. The maximum Gasteiger partial charge on any atom is 0.340 e. The number of aromatic carboxylic acids is 1. The van der Waals surface area contributed by atoms with Crippen molar-refractivity contribution in [3.63, 3.8) is 0 Å². The number of aromatic amines is 1. The Balaban J connectivity index is 2.25. The van der Waals surface area contributed by atoms with Crippen molar-refractivity contribution in [1.82, 2.24) is 10.4 Å². The van der Waals surface area contributed by atoms with Crippen LogP contribution in [0.15, 0.2) is 34.0 Å². The van der Waals surface area contributed by atoms with Crippen LogP contribution in [0.25, 0.3) is 0 Å². The standard InChI is InChI=1S/C15H14BrN3O5/c1-23-11-4-3-8(12(15(21)22)13(11)24-2)6-18-19-14(20)10-5-9(16)7-17-10/h3-7,17H,1-2H3,(H,19,20)(H,21,22)/b18-6-. The number of benzene rings is 1. The lowest BCUT2D eigenvalue weighted by atomic mass is 10.1. The molecule has 0 radical (unpaired) electrons. The van der Waals surface area contributed by atoms with Crippen LogP contribution in [0.4, 0.5) is 0 Å². The number of carboxylic acids is 1. The third-order valence-corrected chi connectivity index (χ3v) is 3.51. The van der Waals surface area contributed by atoms with Gasteiger partial charge in [-0.2, -0.15) is 5.10 Å². The molecule has 1 aromatic heterocycles. The lowest BCUT2D eigenvalue weighted by Gasteiger charge is -2.12. The topological polar surface area (TPSA) is 113 Å². The third-order valence-electron chi connectivity index (χ3n) is 3.05. The largest absolute Gasteiger partial charge is 0.493 e. The number of carbonyl (C=O) groups is 2. The maximum atomic E-state index is 11.9. The van der Waals surface area contributed by atoms with E-state index in [0.29, 0.717) is 5.69 Å². The molecule has 2 rings (SSSR count). The molecule has 0 saturated heterocycles. The predicted octanol–water partition coefficient (Wildman–Crippen LogP) is 2.26. The van der Waals surface area contributed by atoms with Crippen molar-refractivity contribution in [3.05, 3.63) is 45.7 Å². The molecule has 2 aromatic rings. The number of hydrogen-bond acceptors (Lipinski definition) is 5. The van der Waals surface area contributed by atoms with Crippen molar-refractivity contribution in [3.8, 4) is 11.5 Å². The maximum absolute atomic E-state index is 11.9. The summed E-state index contributed by atoms with van der Waals surface area (Å²) in [4.78, 5) is 26.1. The van der Waals surface area contributed by atoms with Crippen LogP contribution >= 0.6 is 15.9 Å². The van der Waals surface area contributed by atoms with Crippen molar-refractivity contribution in [1.29, 1.82) is 0 Å². The van der Waals surface area contributed by atoms with Crippen LogP contribution in [0.1, 0.15) is 26.4 Å². The Morgan fingerprint density at radius 3 is 2.62 bits per heavy atom. The second-order valence-electron chi connectivity index (χ2n) is 4.50. The van der Waals surface area contributed by atoms with Gasteiger partial charge in [0, 0.05) is 16.2 Å². The quantitative estimate of drug-likeness (QED) is 0.512. The molecule has 0 atom stereocenters. The second-order valence-corrected chi connectivity index (χ2v) is 5.42. The number of hydrogen-bond donors (Lipinski definition) is 3. The molecule has 3 N–H and O–H groups in total. The first-order chi connectivity index (χ1) is 11.5. The van der Waals surface area contributed by atoms with Crippen molar-refractivity contribution >= 4 is 34.0 Å². The number of aromatic nitrogens is 1. The van der Waals surface area contributed by atoms with E-state index in [0.717, 1.165) is 4.47 Å². The Bertz CT molecular complexity index is 800. The van der Waals surface area contributed by atoms with Gasteiger partial charge >= 0.3 is 5.97 Å². The number of H-pyrrole nitrogens is 1. The summed E-state index contributed by atoms with van der Waals surface area (Å²) in [6, 6.07) is 4.65. The van der Waals surface area contributed by atoms with Gasteiger partial charge in [-0.05, 0) is 34.1 Å². The van der Waals surface area contributed by atoms with E-state index in [1.54, 1.807) is 18.3 Å². The number of carboxylic acid groups (broad SMARTS) is 1. The van der Waals surface area contributed by atoms with Gasteiger partial charge in [-0.25, -0.2) is 10.2 Å². The molecule has 1 aromatic carbocycles. The number of nitrogens with one attached hydrogen (secondary N) is 2. The van der Waals surface area contributed by atoms with Crippen LogP contribution in [0, 0.1) is 0 Å². The summed E-state index contributed by atoms with van der Waals surface area (Å²) < 4.78 is 10.9. The van der Waals surface area contributed by atoms with E-state index in [4.69, 9.17) is 9.47 Å². The minimum Gasteiger partial charge on any atom is -0.493 e. The first-order valence-corrected chi connectivity index (χ1v) is 7.42. The van der Waals surface area contributed by atoms with E-state index >= 15 is 0 Å². The summed E-state index contributed by atoms with van der Waals surface area (Å²) in [6.45, 7) is 0. The van der Waals surface area contributed by atoms with Crippen LogP contribution in [0.5, 0.6) is 11.5 Å². The van der Waals surface area contributed by atoms with E-state index in [1.807, 2.05) is 0 Å². The average molecular weight is 396 g/mol. The molecule has 8 nitrogen and oxygen atoms in total. The van der Waals surface area contributed by atoms with Crippen LogP contribution in [-0.4, -0.2) is 42.4 Å². The SMILES string of the molecule is COc1ccc(/C=N\NC(=O)c2cc(Br)c[nH]2)c(C(=O)O)c1OC. The van der Waals surface area contributed by atoms with Gasteiger partial charge < -0.3 is 19.6 Å². The molecule has 0 saturated carbocycles. The number of amides is 1. The van der Waals surface area contributed by atoms with E-state index < -0.39 is 11.9 Å². The predicted molar refractivity (Wildman–Crippen MR) is 90.1 cm³/mol. The highest BCUT2D eigenvalue weighted by atomic mass is 79.9. The summed E-state index contributed by atoms with van der Waals surface area (Å²) >= 11 is 3.22. The Morgan fingerprint density at radius 1 is 1.33 bits per heavy atom. The minimum absolute atomic E-state index is 0.0774. The molecule has 0 aliphatic heterocycles. The lowest BCUT2D eigenvalue weighted by Crippen LogP contribution is -2.18. The average Bonchev–Trinajstić information content (AvgIpc) is 3.00. The molecule has 1 heterocycles. The normalized spacial score (nSPS) is 10.6. The number of carbonyl (C=O) groups excluding carboxylic acids is 1. The van der Waals surface area contributed by atoms with Crippen molar-refractivity contribution in [2.24, 2.45) is 5.10 Å². The van der Waals surface area contributed by atoms with Gasteiger partial charge in [0.05, 0.1) is 20.4 Å². The number of nitrogens with zero attached hydrogens (tertiary/aromatic N) is 1. The second kappa shape index (κ2) is 7.64. The molecule has 0 fully saturated rings. The molecule has 0 bridgehead atoms. The van der Waals surface area contributed by atoms with E-state index in [2.05, 4.69) is 31.4 Å². The zero-order chi connectivity index (χ0) is 17.7. The van der Waals surface area contributed by atoms with Crippen LogP contribution < -0.4 is 14.9 Å². The van der Waals surface area contributed by atoms with Gasteiger partial charge in [-0.1, -0.05) is 0 Å². The molecule has 126 valence electrons. The molecule has 1 amide bonds. The van der Waals surface area contributed by atoms with Crippen molar-refractivity contribution in [2.75, 3.05) is 14.2 Å². The monoisotopic (exact) mass is 395 g/mol. The summed E-state index contributed by atoms with van der Waals surface area (Å²) in [5, 5.41) is 13.2. The number of methoxy groups -OCH3 is 2. The highest BCUT2D eigenvalue weighted by Gasteiger charge is 2.20. The number of hydrazone groups is 1. The highest BCUT2D eigenvalue weighted by molar-refractivity contribution is 9.10. The van der Waals surface area contributed by atoms with Gasteiger partial charge in [0.1, 0.15) is 11.3 Å². The summed E-state index contributed by atoms with van der Waals surface area (Å²) in [6.07, 6.45) is 2.83. The van der Waals surface area contributed by atoms with Crippen molar-refractivity contribution in [2.45, 2.75) is 0 Å². The number of rotatable bonds is 6. The molecule has 0 aliphatic rings. The fraction of sp³-hybridized carbons (Fsp3) is 0.133. The molecule has 24 heavy (non-hydrogen) atoms. The summed E-state index contributed by atoms with van der Waals surface area (Å²) in [7, 11) is 2.75. The fourth-order valence-electron chi connectivity index (χ4n) is 1.99. The summed E-state index contributed by atoms with van der Waals surface area (Å²) in [5.74, 6) is -1.30. The van der Waals surface area contributed by atoms with E-state index in [-0.39, 0.29) is 22.6 Å². The Hall–Kier alpha value is -2.81. The van der Waals surface area contributed by atoms with Gasteiger partial charge in [0.2, 0.25) is 0 Å². The van der Waals surface area contributed by atoms with Crippen LogP contribution in [0.3, 0.4) is 0 Å². The van der Waals surface area contributed by atoms with Crippen LogP contribution in [0.2, 0.25) is 0 Å². The van der Waals surface area contributed by atoms with Gasteiger partial charge in [-0.15, -0.1) is 0 Å². The van der Waals surface area contributed by atoms with Gasteiger partial charge in [0.15, 0.2) is 11.5 Å². The molecule has 9 heteroatoms. The molecule has 0 aliphatic carbocycles. The first-order valence-electron chi connectivity index (χ1n) is 6.63. The first kappa shape index (κ1) is 17.5.